The molecule has 0 aromatic heterocycles. The van der Waals surface area contributed by atoms with Crippen LogP contribution in [-0.4, -0.2) is 42.0 Å². The Morgan fingerprint density at radius 3 is 2.53 bits per heavy atom. The lowest BCUT2D eigenvalue weighted by molar-refractivity contribution is -0.124. The van der Waals surface area contributed by atoms with Gasteiger partial charge in [0.05, 0.1) is 0 Å². The monoisotopic (exact) mass is 241 g/mol. The minimum Gasteiger partial charge on any atom is -0.368 e. The van der Waals surface area contributed by atoms with Crippen molar-refractivity contribution in [2.45, 2.75) is 58.0 Å². The van der Waals surface area contributed by atoms with Crippen molar-refractivity contribution in [2.75, 3.05) is 19.6 Å². The second kappa shape index (κ2) is 6.36. The van der Waals surface area contributed by atoms with Crippen LogP contribution in [0.3, 0.4) is 0 Å². The van der Waals surface area contributed by atoms with Gasteiger partial charge in [-0.25, -0.2) is 0 Å². The number of carbonyl (C=O) groups excluding carboxylic acids is 1. The summed E-state index contributed by atoms with van der Waals surface area (Å²) >= 11 is 0. The van der Waals surface area contributed by atoms with E-state index in [4.69, 9.17) is 5.73 Å². The molecule has 0 spiro atoms. The van der Waals surface area contributed by atoms with Gasteiger partial charge >= 0.3 is 0 Å². The number of carbonyl (C=O) groups is 1. The Kier molecular flexibility index (Phi) is 5.40. The van der Waals surface area contributed by atoms with Crippen LogP contribution >= 0.6 is 0 Å². The molecule has 0 bridgehead atoms. The van der Waals surface area contributed by atoms with Crippen LogP contribution in [0.15, 0.2) is 0 Å². The largest absolute Gasteiger partial charge is 0.368 e. The number of nitrogens with two attached hydrogens (primary N) is 1. The van der Waals surface area contributed by atoms with Crippen molar-refractivity contribution in [3.63, 3.8) is 0 Å². The molecular weight excluding hydrogens is 214 g/mol. The number of rotatable bonds is 9. The minimum absolute atomic E-state index is 0.237. The van der Waals surface area contributed by atoms with E-state index in [0.717, 1.165) is 19.6 Å². The van der Waals surface area contributed by atoms with Crippen LogP contribution in [0.1, 0.15) is 46.5 Å². The first kappa shape index (κ1) is 14.5. The lowest BCUT2D eigenvalue weighted by Crippen LogP contribution is -2.60. The zero-order valence-electron chi connectivity index (χ0n) is 11.5. The molecule has 0 aromatic rings. The lowest BCUT2D eigenvalue weighted by atomic mass is 10.00. The summed E-state index contributed by atoms with van der Waals surface area (Å²) in [6.07, 6.45) is 4.69. The molecule has 1 rings (SSSR count). The second-order valence-corrected chi connectivity index (χ2v) is 5.34. The van der Waals surface area contributed by atoms with E-state index in [1.807, 2.05) is 6.92 Å². The molecule has 1 fully saturated rings. The molecule has 3 N–H and O–H groups in total. The highest BCUT2D eigenvalue weighted by Crippen LogP contribution is 2.23. The molecule has 0 aromatic carbocycles. The number of hydrogen-bond acceptors (Lipinski definition) is 3. The first-order valence-corrected chi connectivity index (χ1v) is 6.81. The molecule has 0 aliphatic heterocycles. The summed E-state index contributed by atoms with van der Waals surface area (Å²) in [6, 6.07) is 0.498. The fourth-order valence-corrected chi connectivity index (χ4v) is 2.05. The molecule has 1 aliphatic rings. The zero-order chi connectivity index (χ0) is 12.9. The van der Waals surface area contributed by atoms with Crippen LogP contribution in [0.2, 0.25) is 0 Å². The summed E-state index contributed by atoms with van der Waals surface area (Å²) < 4.78 is 0. The van der Waals surface area contributed by atoms with Crippen molar-refractivity contribution in [3.05, 3.63) is 0 Å². The number of primary amides is 1. The Morgan fingerprint density at radius 2 is 2.12 bits per heavy atom. The molecule has 17 heavy (non-hydrogen) atoms. The third-order valence-corrected chi connectivity index (χ3v) is 3.46. The number of hydrogen-bond donors (Lipinski definition) is 2. The lowest BCUT2D eigenvalue weighted by Gasteiger charge is -2.33. The van der Waals surface area contributed by atoms with E-state index in [1.165, 1.54) is 25.7 Å². The number of likely N-dealkylation sites (N-methyl/N-ethyl adjacent to an activating group) is 1. The van der Waals surface area contributed by atoms with Crippen LogP contribution in [0.4, 0.5) is 0 Å². The molecule has 1 aliphatic carbocycles. The number of unbranched alkanes of at least 4 members (excludes halogenated alkanes) is 1. The van der Waals surface area contributed by atoms with E-state index in [-0.39, 0.29) is 5.91 Å². The third-order valence-electron chi connectivity index (χ3n) is 3.46. The van der Waals surface area contributed by atoms with Crippen LogP contribution in [-0.2, 0) is 4.79 Å². The van der Waals surface area contributed by atoms with Crippen LogP contribution < -0.4 is 11.1 Å². The summed E-state index contributed by atoms with van der Waals surface area (Å²) in [5.41, 5.74) is 4.97. The maximum atomic E-state index is 11.6. The summed E-state index contributed by atoms with van der Waals surface area (Å²) in [5, 5.41) is 3.39. The summed E-state index contributed by atoms with van der Waals surface area (Å²) in [5.74, 6) is -0.237. The van der Waals surface area contributed by atoms with Gasteiger partial charge in [-0.3, -0.25) is 10.1 Å². The van der Waals surface area contributed by atoms with Gasteiger partial charge in [0.25, 0.3) is 0 Å². The fourth-order valence-electron chi connectivity index (χ4n) is 2.05. The number of nitrogens with zero attached hydrogens (tertiary/aromatic N) is 1. The molecule has 1 saturated carbocycles. The van der Waals surface area contributed by atoms with Gasteiger partial charge in [-0.2, -0.15) is 0 Å². The maximum Gasteiger partial charge on any atom is 0.238 e. The second-order valence-electron chi connectivity index (χ2n) is 5.34. The summed E-state index contributed by atoms with van der Waals surface area (Å²) in [4.78, 5) is 14.0. The summed E-state index contributed by atoms with van der Waals surface area (Å²) in [6.45, 7) is 8.98. The first-order valence-electron chi connectivity index (χ1n) is 6.81. The van der Waals surface area contributed by atoms with Gasteiger partial charge in [-0.1, -0.05) is 20.3 Å². The Hall–Kier alpha value is -0.610. The highest BCUT2D eigenvalue weighted by molar-refractivity contribution is 5.84. The van der Waals surface area contributed by atoms with Gasteiger partial charge in [0.1, 0.15) is 5.54 Å². The molecule has 0 heterocycles. The van der Waals surface area contributed by atoms with Gasteiger partial charge in [0.15, 0.2) is 0 Å². The molecular formula is C13H27N3O. The molecule has 1 atom stereocenters. The number of nitrogens with one attached hydrogen (secondary N) is 1. The van der Waals surface area contributed by atoms with Crippen molar-refractivity contribution in [2.24, 2.45) is 5.73 Å². The van der Waals surface area contributed by atoms with Crippen molar-refractivity contribution < 1.29 is 4.79 Å². The average Bonchev–Trinajstić information content (AvgIpc) is 3.07. The average molecular weight is 241 g/mol. The van der Waals surface area contributed by atoms with Gasteiger partial charge in [0.2, 0.25) is 5.91 Å². The van der Waals surface area contributed by atoms with E-state index < -0.39 is 5.54 Å². The topological polar surface area (TPSA) is 58.4 Å². The van der Waals surface area contributed by atoms with E-state index in [9.17, 15) is 4.79 Å². The molecule has 1 unspecified atom stereocenters. The number of amides is 1. The van der Waals surface area contributed by atoms with Crippen LogP contribution in [0.5, 0.6) is 0 Å². The normalized spacial score (nSPS) is 19.3. The van der Waals surface area contributed by atoms with Crippen LogP contribution in [0, 0.1) is 0 Å². The fraction of sp³-hybridized carbons (Fsp3) is 0.923. The van der Waals surface area contributed by atoms with E-state index in [0.29, 0.717) is 6.04 Å². The van der Waals surface area contributed by atoms with E-state index >= 15 is 0 Å². The molecule has 4 nitrogen and oxygen atoms in total. The van der Waals surface area contributed by atoms with Gasteiger partial charge in [-0.15, -0.1) is 0 Å². The Bertz CT molecular complexity index is 253. The molecule has 100 valence electrons. The minimum atomic E-state index is -0.578. The van der Waals surface area contributed by atoms with Crippen molar-refractivity contribution in [1.29, 1.82) is 0 Å². The SMILES string of the molecule is CCCCN(CC)CC(C)(NC1CC1)C(N)=O. The predicted octanol–water partition coefficient (Wildman–Crippen LogP) is 1.10. The Balaban J connectivity index is 2.53. The van der Waals surface area contributed by atoms with Crippen LogP contribution in [0.25, 0.3) is 0 Å². The molecule has 0 saturated heterocycles. The maximum absolute atomic E-state index is 11.6. The highest BCUT2D eigenvalue weighted by Gasteiger charge is 2.37. The van der Waals surface area contributed by atoms with Gasteiger partial charge < -0.3 is 10.6 Å². The first-order chi connectivity index (χ1) is 8.01. The van der Waals surface area contributed by atoms with Crippen molar-refractivity contribution in [3.8, 4) is 0 Å². The Labute approximate surface area is 105 Å². The Morgan fingerprint density at radius 1 is 1.47 bits per heavy atom. The predicted molar refractivity (Wildman–Crippen MR) is 70.8 cm³/mol. The zero-order valence-corrected chi connectivity index (χ0v) is 11.5. The van der Waals surface area contributed by atoms with E-state index in [2.05, 4.69) is 24.1 Å². The molecule has 4 heteroatoms. The van der Waals surface area contributed by atoms with E-state index in [1.54, 1.807) is 0 Å². The summed E-state index contributed by atoms with van der Waals surface area (Å²) in [7, 11) is 0. The van der Waals surface area contributed by atoms with Crippen molar-refractivity contribution in [1.82, 2.24) is 10.2 Å². The standard InChI is InChI=1S/C13H27N3O/c1-4-6-9-16(5-2)10-13(3,12(14)17)15-11-7-8-11/h11,15H,4-10H2,1-3H3,(H2,14,17). The quantitative estimate of drug-likeness (QED) is 0.635. The molecule has 1 amide bonds. The third kappa shape index (κ3) is 4.64. The molecule has 0 radical (unpaired) electrons. The smallest absolute Gasteiger partial charge is 0.238 e. The highest BCUT2D eigenvalue weighted by atomic mass is 16.1. The van der Waals surface area contributed by atoms with Gasteiger partial charge in [0, 0.05) is 12.6 Å². The van der Waals surface area contributed by atoms with Gasteiger partial charge in [-0.05, 0) is 39.3 Å². The van der Waals surface area contributed by atoms with Crippen molar-refractivity contribution >= 4 is 5.91 Å².